The summed E-state index contributed by atoms with van der Waals surface area (Å²) in [5.74, 6) is -0.276. The molecule has 3 saturated heterocycles. The second kappa shape index (κ2) is 12.0. The van der Waals surface area contributed by atoms with Gasteiger partial charge in [0.1, 0.15) is 17.3 Å². The SMILES string of the molecule is COc1ccnc(C(=O)NC2CC3(CCN(CC4CCN(c5ccc(C6CCC(=O)NC6=O)cc5F)CC4)CC3)C2)c1. The van der Waals surface area contributed by atoms with Gasteiger partial charge < -0.3 is 19.9 Å². The molecule has 1 unspecified atom stereocenters. The summed E-state index contributed by atoms with van der Waals surface area (Å²) in [6.45, 7) is 4.91. The van der Waals surface area contributed by atoms with Gasteiger partial charge in [0.2, 0.25) is 11.8 Å². The van der Waals surface area contributed by atoms with Gasteiger partial charge in [0.15, 0.2) is 0 Å². The summed E-state index contributed by atoms with van der Waals surface area (Å²) in [5, 5.41) is 5.50. The van der Waals surface area contributed by atoms with E-state index in [4.69, 9.17) is 4.74 Å². The second-order valence-electron chi connectivity index (χ2n) is 12.6. The number of methoxy groups -OCH3 is 1. The number of halogens is 1. The van der Waals surface area contributed by atoms with E-state index in [-0.39, 0.29) is 36.0 Å². The number of benzene rings is 1. The minimum absolute atomic E-state index is 0.136. The Balaban J connectivity index is 0.924. The highest BCUT2D eigenvalue weighted by Gasteiger charge is 2.46. The van der Waals surface area contributed by atoms with Crippen molar-refractivity contribution in [3.05, 3.63) is 53.6 Å². The molecule has 6 rings (SSSR count). The highest BCUT2D eigenvalue weighted by atomic mass is 19.1. The molecule has 10 heteroatoms. The highest BCUT2D eigenvalue weighted by molar-refractivity contribution is 6.01. The Morgan fingerprint density at radius 1 is 1.10 bits per heavy atom. The molecule has 1 aromatic heterocycles. The number of ether oxygens (including phenoxy) is 1. The van der Waals surface area contributed by atoms with Crippen LogP contribution in [-0.2, 0) is 9.59 Å². The van der Waals surface area contributed by atoms with Crippen molar-refractivity contribution in [1.29, 1.82) is 0 Å². The number of carbonyl (C=O) groups excluding carboxylic acids is 3. The molecule has 4 aliphatic rings. The Morgan fingerprint density at radius 3 is 2.55 bits per heavy atom. The van der Waals surface area contributed by atoms with Crippen molar-refractivity contribution in [1.82, 2.24) is 20.5 Å². The molecule has 1 aromatic carbocycles. The lowest BCUT2D eigenvalue weighted by atomic mass is 9.60. The molecule has 0 radical (unpaired) electrons. The predicted molar refractivity (Wildman–Crippen MR) is 156 cm³/mol. The summed E-state index contributed by atoms with van der Waals surface area (Å²) in [6.07, 6.45) is 8.76. The molecule has 9 nitrogen and oxygen atoms in total. The first-order valence-corrected chi connectivity index (χ1v) is 15.2. The van der Waals surface area contributed by atoms with E-state index in [1.807, 2.05) is 6.07 Å². The molecule has 4 fully saturated rings. The molecule has 4 heterocycles. The zero-order valence-electron chi connectivity index (χ0n) is 24.2. The first-order valence-electron chi connectivity index (χ1n) is 15.2. The summed E-state index contributed by atoms with van der Waals surface area (Å²) in [6, 6.07) is 8.71. The number of carbonyl (C=O) groups is 3. The Hall–Kier alpha value is -3.53. The third-order valence-electron chi connectivity index (χ3n) is 9.90. The molecule has 42 heavy (non-hydrogen) atoms. The normalized spacial score (nSPS) is 23.4. The van der Waals surface area contributed by atoms with Gasteiger partial charge in [0.25, 0.3) is 5.91 Å². The van der Waals surface area contributed by atoms with Gasteiger partial charge in [0, 0.05) is 44.4 Å². The fourth-order valence-corrected chi connectivity index (χ4v) is 7.36. The average Bonchev–Trinajstić information content (AvgIpc) is 2.98. The van der Waals surface area contributed by atoms with Crippen LogP contribution in [-0.4, -0.2) is 73.5 Å². The number of anilines is 1. The lowest BCUT2D eigenvalue weighted by molar-refractivity contribution is -0.134. The Bertz CT molecular complexity index is 1330. The number of nitrogens with one attached hydrogen (secondary N) is 2. The summed E-state index contributed by atoms with van der Waals surface area (Å²) in [4.78, 5) is 45.1. The Morgan fingerprint density at radius 2 is 1.86 bits per heavy atom. The van der Waals surface area contributed by atoms with E-state index < -0.39 is 5.92 Å². The molecule has 1 saturated carbocycles. The maximum atomic E-state index is 15.1. The molecule has 224 valence electrons. The van der Waals surface area contributed by atoms with Gasteiger partial charge in [0.05, 0.1) is 18.7 Å². The van der Waals surface area contributed by atoms with Crippen LogP contribution in [0.3, 0.4) is 0 Å². The first-order chi connectivity index (χ1) is 20.3. The number of hydrogen-bond acceptors (Lipinski definition) is 7. The molecule has 1 spiro atoms. The van der Waals surface area contributed by atoms with Gasteiger partial charge in [-0.15, -0.1) is 0 Å². The van der Waals surface area contributed by atoms with Crippen LogP contribution in [0.1, 0.15) is 73.3 Å². The lowest BCUT2D eigenvalue weighted by Crippen LogP contribution is -2.55. The third-order valence-corrected chi connectivity index (χ3v) is 9.90. The van der Waals surface area contributed by atoms with Gasteiger partial charge >= 0.3 is 0 Å². The van der Waals surface area contributed by atoms with E-state index >= 15 is 4.39 Å². The van der Waals surface area contributed by atoms with Crippen LogP contribution in [0.2, 0.25) is 0 Å². The number of rotatable bonds is 7. The van der Waals surface area contributed by atoms with E-state index in [0.717, 1.165) is 58.4 Å². The van der Waals surface area contributed by atoms with Crippen molar-refractivity contribution in [3.63, 3.8) is 0 Å². The van der Waals surface area contributed by atoms with Gasteiger partial charge in [-0.05, 0) is 93.1 Å². The van der Waals surface area contributed by atoms with E-state index in [2.05, 4.69) is 25.4 Å². The smallest absolute Gasteiger partial charge is 0.270 e. The minimum Gasteiger partial charge on any atom is -0.497 e. The zero-order chi connectivity index (χ0) is 29.3. The van der Waals surface area contributed by atoms with Crippen LogP contribution in [0, 0.1) is 17.2 Å². The van der Waals surface area contributed by atoms with Crippen LogP contribution in [0.4, 0.5) is 10.1 Å². The number of hydrogen-bond donors (Lipinski definition) is 2. The monoisotopic (exact) mass is 577 g/mol. The summed E-state index contributed by atoms with van der Waals surface area (Å²) in [5.41, 5.74) is 1.96. The van der Waals surface area contributed by atoms with Crippen molar-refractivity contribution in [3.8, 4) is 5.75 Å². The standard InChI is InChI=1S/C32H40FN5O4/c1-42-24-6-11-34-27(17-24)31(41)35-23-18-32(19-23)9-14-37(15-10-32)20-21-7-12-38(13-8-21)28-4-2-22(16-26(28)33)25-3-5-29(39)36-30(25)40/h2,4,6,11,16-17,21,23,25H,3,5,7-10,12-15,18-20H2,1H3,(H,35,41)(H,36,39,40). The van der Waals surface area contributed by atoms with Gasteiger partial charge in [-0.1, -0.05) is 6.07 Å². The van der Waals surface area contributed by atoms with E-state index in [1.54, 1.807) is 31.5 Å². The van der Waals surface area contributed by atoms with Crippen LogP contribution >= 0.6 is 0 Å². The second-order valence-corrected chi connectivity index (χ2v) is 12.6. The van der Waals surface area contributed by atoms with Gasteiger partial charge in [-0.2, -0.15) is 0 Å². The zero-order valence-corrected chi connectivity index (χ0v) is 24.2. The molecular weight excluding hydrogens is 537 g/mol. The lowest BCUT2D eigenvalue weighted by Gasteiger charge is -2.52. The number of nitrogens with zero attached hydrogens (tertiary/aromatic N) is 3. The number of pyridine rings is 1. The fourth-order valence-electron chi connectivity index (χ4n) is 7.36. The van der Waals surface area contributed by atoms with Crippen molar-refractivity contribution in [2.45, 2.75) is 63.3 Å². The summed E-state index contributed by atoms with van der Waals surface area (Å²) >= 11 is 0. The number of aromatic nitrogens is 1. The van der Waals surface area contributed by atoms with E-state index in [0.29, 0.717) is 40.4 Å². The van der Waals surface area contributed by atoms with Crippen molar-refractivity contribution in [2.75, 3.05) is 44.7 Å². The van der Waals surface area contributed by atoms with Crippen molar-refractivity contribution >= 4 is 23.4 Å². The average molecular weight is 578 g/mol. The summed E-state index contributed by atoms with van der Waals surface area (Å²) in [7, 11) is 1.58. The summed E-state index contributed by atoms with van der Waals surface area (Å²) < 4.78 is 20.3. The quantitative estimate of drug-likeness (QED) is 0.485. The van der Waals surface area contributed by atoms with E-state index in [1.165, 1.54) is 18.9 Å². The number of likely N-dealkylation sites (tertiary alicyclic amines) is 1. The largest absolute Gasteiger partial charge is 0.497 e. The van der Waals surface area contributed by atoms with Crippen LogP contribution in [0.25, 0.3) is 0 Å². The molecule has 3 amide bonds. The Labute approximate surface area is 246 Å². The predicted octanol–water partition coefficient (Wildman–Crippen LogP) is 3.64. The molecule has 3 aliphatic heterocycles. The number of imide groups is 1. The Kier molecular flexibility index (Phi) is 8.16. The number of amides is 3. The van der Waals surface area contributed by atoms with Crippen LogP contribution < -0.4 is 20.3 Å². The van der Waals surface area contributed by atoms with Crippen molar-refractivity contribution < 1.29 is 23.5 Å². The minimum atomic E-state index is -0.471. The molecule has 0 bridgehead atoms. The van der Waals surface area contributed by atoms with Crippen LogP contribution in [0.15, 0.2) is 36.5 Å². The molecule has 1 aliphatic carbocycles. The number of piperidine rings is 3. The van der Waals surface area contributed by atoms with Gasteiger partial charge in [-0.3, -0.25) is 24.7 Å². The fraction of sp³-hybridized carbons (Fsp3) is 0.562. The molecule has 2 N–H and O–H groups in total. The van der Waals surface area contributed by atoms with Crippen molar-refractivity contribution in [2.24, 2.45) is 11.3 Å². The highest BCUT2D eigenvalue weighted by Crippen LogP contribution is 2.49. The first kappa shape index (κ1) is 28.6. The topological polar surface area (TPSA) is 104 Å². The molecular formula is C32H40FN5O4. The van der Waals surface area contributed by atoms with E-state index in [9.17, 15) is 14.4 Å². The maximum absolute atomic E-state index is 15.1. The van der Waals surface area contributed by atoms with Gasteiger partial charge in [-0.25, -0.2) is 4.39 Å². The maximum Gasteiger partial charge on any atom is 0.270 e. The molecule has 2 aromatic rings. The van der Waals surface area contributed by atoms with Crippen LogP contribution in [0.5, 0.6) is 5.75 Å². The molecule has 1 atom stereocenters. The third kappa shape index (κ3) is 6.14.